The fourth-order valence-corrected chi connectivity index (χ4v) is 14.1. The molecular weight excluding hydrogens is 836 g/mol. The van der Waals surface area contributed by atoms with Crippen molar-refractivity contribution in [3.8, 4) is 0 Å². The summed E-state index contributed by atoms with van der Waals surface area (Å²) in [6, 6.07) is 1.92. The molecule has 2 N–H and O–H groups in total. The van der Waals surface area contributed by atoms with Crippen LogP contribution in [0, 0.1) is 11.8 Å². The van der Waals surface area contributed by atoms with Gasteiger partial charge in [0.15, 0.2) is 8.67 Å². The van der Waals surface area contributed by atoms with Gasteiger partial charge in [0.2, 0.25) is 0 Å². The SMILES string of the molecule is O=C(O)c1cc2c(cc1S(=O)(=O)O)C1C(C3C2C2(Cl)C(Cl)=C(Cl)C3(Cl)C2(Cl)Cl)C2(Cl)C(Cl)=C(Cl)C1(Cl)C2(Cl)Cl.[Na].[Na]. The number of allylic oxidation sites excluding steroid dienone is 4. The first-order chi connectivity index (χ1) is 17.5. The van der Waals surface area contributed by atoms with Gasteiger partial charge in [-0.3, -0.25) is 4.55 Å². The molecule has 8 atom stereocenters. The topological polar surface area (TPSA) is 91.7 Å². The van der Waals surface area contributed by atoms with Crippen LogP contribution in [-0.4, -0.2) is 111 Å². The molecule has 41 heavy (non-hydrogen) atoms. The minimum Gasteiger partial charge on any atom is -0.478 e. The van der Waals surface area contributed by atoms with Gasteiger partial charge in [0.1, 0.15) is 24.4 Å². The Labute approximate surface area is 338 Å². The molecule has 5 nitrogen and oxygen atoms in total. The molecule has 0 aliphatic heterocycles. The van der Waals surface area contributed by atoms with Gasteiger partial charge in [0.05, 0.1) is 25.7 Å². The van der Waals surface area contributed by atoms with Crippen molar-refractivity contribution in [2.24, 2.45) is 11.8 Å². The average Bonchev–Trinajstić information content (AvgIpc) is 3.16. The number of halogens is 12. The second kappa shape index (κ2) is 10.5. The van der Waals surface area contributed by atoms with Crippen LogP contribution in [-0.2, 0) is 10.1 Å². The number of hydrogen-bond donors (Lipinski definition) is 2. The van der Waals surface area contributed by atoms with Crippen molar-refractivity contribution in [3.63, 3.8) is 0 Å². The predicted octanol–water partition coefficient (Wildman–Crippen LogP) is 7.97. The van der Waals surface area contributed by atoms with Crippen molar-refractivity contribution >= 4 is 214 Å². The maximum absolute atomic E-state index is 12.3. The van der Waals surface area contributed by atoms with Crippen LogP contribution in [0.1, 0.15) is 33.3 Å². The Morgan fingerprint density at radius 3 is 1.29 bits per heavy atom. The summed E-state index contributed by atoms with van der Waals surface area (Å²) in [5.74, 6) is -6.33. The van der Waals surface area contributed by atoms with Crippen molar-refractivity contribution in [1.29, 1.82) is 0 Å². The smallest absolute Gasteiger partial charge is 0.337 e. The van der Waals surface area contributed by atoms with E-state index in [-0.39, 0.29) is 90.4 Å². The molecule has 4 bridgehead atoms. The first-order valence-corrected chi connectivity index (χ1v) is 16.5. The summed E-state index contributed by atoms with van der Waals surface area (Å²) in [7, 11) is -5.11. The van der Waals surface area contributed by atoms with Crippen LogP contribution in [0.2, 0.25) is 0 Å². The summed E-state index contributed by atoms with van der Waals surface area (Å²) in [5.41, 5.74) is -0.688. The maximum atomic E-state index is 12.3. The number of rotatable bonds is 2. The molecule has 1 aromatic carbocycles. The second-order valence-corrected chi connectivity index (χ2v) is 18.0. The number of benzene rings is 1. The van der Waals surface area contributed by atoms with Crippen LogP contribution in [0.15, 0.2) is 37.2 Å². The van der Waals surface area contributed by atoms with Gasteiger partial charge in [-0.05, 0) is 23.3 Å². The number of alkyl halides is 8. The molecule has 6 rings (SSSR count). The third-order valence-electron chi connectivity index (χ3n) is 8.74. The quantitative estimate of drug-likeness (QED) is 0.179. The van der Waals surface area contributed by atoms with Crippen LogP contribution in [0.25, 0.3) is 0 Å². The van der Waals surface area contributed by atoms with E-state index in [0.717, 1.165) is 12.1 Å². The molecular formula is C21H8Cl12Na2O5S. The van der Waals surface area contributed by atoms with Crippen LogP contribution in [0.5, 0.6) is 0 Å². The monoisotopic (exact) mass is 838 g/mol. The molecule has 0 aromatic heterocycles. The van der Waals surface area contributed by atoms with E-state index in [1.807, 2.05) is 0 Å². The van der Waals surface area contributed by atoms with Crippen molar-refractivity contribution in [2.45, 2.75) is 44.9 Å². The molecule has 0 heterocycles. The number of carboxylic acids is 1. The Bertz CT molecular complexity index is 1630. The molecule has 1 aromatic rings. The van der Waals surface area contributed by atoms with E-state index in [2.05, 4.69) is 0 Å². The zero-order chi connectivity index (χ0) is 29.4. The second-order valence-electron chi connectivity index (χ2n) is 10.0. The summed E-state index contributed by atoms with van der Waals surface area (Å²) >= 11 is 82.7. The summed E-state index contributed by atoms with van der Waals surface area (Å²) in [6.45, 7) is 0. The molecule has 2 radical (unpaired) electrons. The molecule has 8 unspecified atom stereocenters. The maximum Gasteiger partial charge on any atom is 0.337 e. The third kappa shape index (κ3) is 3.75. The van der Waals surface area contributed by atoms with Gasteiger partial charge in [-0.25, -0.2) is 4.79 Å². The van der Waals surface area contributed by atoms with E-state index in [4.69, 9.17) is 139 Å². The first kappa shape index (κ1) is 37.4. The van der Waals surface area contributed by atoms with E-state index in [1.54, 1.807) is 0 Å². The molecule has 5 aliphatic carbocycles. The summed E-state index contributed by atoms with van der Waals surface area (Å²) in [4.78, 5) is 3.26. The van der Waals surface area contributed by atoms with Gasteiger partial charge in [0.25, 0.3) is 10.1 Å². The van der Waals surface area contributed by atoms with E-state index in [1.165, 1.54) is 0 Å². The molecule has 20 heteroatoms. The van der Waals surface area contributed by atoms with Crippen LogP contribution < -0.4 is 0 Å². The average molecular weight is 844 g/mol. The Morgan fingerprint density at radius 2 is 0.976 bits per heavy atom. The third-order valence-corrected chi connectivity index (χ3v) is 18.2. The van der Waals surface area contributed by atoms with Gasteiger partial charge in [-0.1, -0.05) is 92.8 Å². The van der Waals surface area contributed by atoms with Gasteiger partial charge in [-0.2, -0.15) is 8.42 Å². The van der Waals surface area contributed by atoms with Gasteiger partial charge in [0, 0.05) is 82.8 Å². The molecule has 2 saturated carbocycles. The van der Waals surface area contributed by atoms with Crippen molar-refractivity contribution < 1.29 is 22.9 Å². The Balaban J connectivity index is 0.00000194. The Morgan fingerprint density at radius 1 is 0.659 bits per heavy atom. The first-order valence-electron chi connectivity index (χ1n) is 10.6. The molecule has 2 fully saturated rings. The number of hydrogen-bond acceptors (Lipinski definition) is 3. The molecule has 0 amide bonds. The van der Waals surface area contributed by atoms with Crippen LogP contribution >= 0.6 is 139 Å². The van der Waals surface area contributed by atoms with Crippen molar-refractivity contribution in [1.82, 2.24) is 0 Å². The number of carboxylic acid groups (broad SMARTS) is 1. The van der Waals surface area contributed by atoms with Crippen LogP contribution in [0.4, 0.5) is 0 Å². The zero-order valence-electron chi connectivity index (χ0n) is 20.0. The fourth-order valence-electron chi connectivity index (χ4n) is 7.31. The summed E-state index contributed by atoms with van der Waals surface area (Å²) < 4.78 is 30.3. The summed E-state index contributed by atoms with van der Waals surface area (Å²) in [6.07, 6.45) is 0. The number of aromatic carboxylic acids is 1. The van der Waals surface area contributed by atoms with E-state index < -0.39 is 78.4 Å². The van der Waals surface area contributed by atoms with E-state index >= 15 is 0 Å². The minimum absolute atomic E-state index is 0. The molecule has 5 aliphatic rings. The van der Waals surface area contributed by atoms with Gasteiger partial charge < -0.3 is 5.11 Å². The van der Waals surface area contributed by atoms with Gasteiger partial charge >= 0.3 is 5.97 Å². The number of carbonyl (C=O) groups is 1. The zero-order valence-corrected chi connectivity index (χ0v) is 33.9. The Hall–Kier alpha value is 3.56. The molecule has 214 valence electrons. The minimum atomic E-state index is -5.11. The fraction of sp³-hybridized carbons (Fsp3) is 0.476. The normalized spacial score (nSPS) is 42.4. The van der Waals surface area contributed by atoms with Crippen molar-refractivity contribution in [2.75, 3.05) is 0 Å². The van der Waals surface area contributed by atoms with E-state index in [0.29, 0.717) is 0 Å². The van der Waals surface area contributed by atoms with Gasteiger partial charge in [-0.15, -0.1) is 46.4 Å². The van der Waals surface area contributed by atoms with Crippen LogP contribution in [0.3, 0.4) is 0 Å². The molecule has 0 saturated heterocycles. The Kier molecular flexibility index (Phi) is 9.60. The predicted molar refractivity (Wildman–Crippen MR) is 168 cm³/mol. The molecule has 0 spiro atoms. The largest absolute Gasteiger partial charge is 0.478 e. The van der Waals surface area contributed by atoms with Crippen molar-refractivity contribution in [3.05, 3.63) is 49.0 Å². The standard InChI is InChI=1S/C21H8Cl12O5S.2Na/c22-11-13(24)18(28)9-7(16(11,26)20(18,30)31)3-1-5(15(34)35)6(39(36,37)38)2-4(3)8-10(9)19(29)14(25)12(23)17(8,27)21(19,32)33;;/h1-2,7-10H,(H,34,35)(H,36,37,38);;. The summed E-state index contributed by atoms with van der Waals surface area (Å²) in [5, 5.41) is 9.02. The van der Waals surface area contributed by atoms with E-state index in [9.17, 15) is 22.9 Å². The number of fused-ring (bicyclic) bond motifs is 14.